The summed E-state index contributed by atoms with van der Waals surface area (Å²) in [6.07, 6.45) is 0.0247. The first kappa shape index (κ1) is 10.6. The molecule has 0 spiro atoms. The van der Waals surface area contributed by atoms with Crippen molar-refractivity contribution in [1.29, 1.82) is 0 Å². The summed E-state index contributed by atoms with van der Waals surface area (Å²) in [7, 11) is -3.37. The van der Waals surface area contributed by atoms with Gasteiger partial charge in [-0.2, -0.15) is 0 Å². The van der Waals surface area contributed by atoms with Gasteiger partial charge in [0.1, 0.15) is 6.10 Å². The maximum absolute atomic E-state index is 11.9. The zero-order valence-electron chi connectivity index (χ0n) is 8.04. The Morgan fingerprint density at radius 1 is 1.27 bits per heavy atom. The second-order valence-electron chi connectivity index (χ2n) is 3.41. The number of hydrogen-bond acceptors (Lipinski definition) is 4. The predicted molar refractivity (Wildman–Crippen MR) is 54.0 cm³/mol. The molecule has 0 radical (unpaired) electrons. The number of sulfone groups is 1. The minimum atomic E-state index is -3.37. The lowest BCUT2D eigenvalue weighted by atomic mass is 10.3. The molecule has 82 valence electrons. The van der Waals surface area contributed by atoms with Crippen LogP contribution in [0.3, 0.4) is 0 Å². The molecule has 1 saturated heterocycles. The standard InChI is InChI=1S/C10H12O4S/c11-7-6-9-10(14-9)15(12,13)8-4-2-1-3-5-8/h1-5,9-11H,6-7H2/t9-,10+/m0/s1. The highest BCUT2D eigenvalue weighted by atomic mass is 32.2. The number of benzene rings is 1. The van der Waals surface area contributed by atoms with E-state index in [1.54, 1.807) is 30.3 Å². The highest BCUT2D eigenvalue weighted by Gasteiger charge is 2.49. The molecular weight excluding hydrogens is 216 g/mol. The summed E-state index contributed by atoms with van der Waals surface area (Å²) in [6, 6.07) is 8.21. The van der Waals surface area contributed by atoms with Crippen molar-refractivity contribution in [3.05, 3.63) is 30.3 Å². The summed E-state index contributed by atoms with van der Waals surface area (Å²) in [5, 5.41) is 8.66. The maximum Gasteiger partial charge on any atom is 0.207 e. The van der Waals surface area contributed by atoms with E-state index < -0.39 is 15.3 Å². The van der Waals surface area contributed by atoms with Crippen LogP contribution in [0.5, 0.6) is 0 Å². The Balaban J connectivity index is 2.16. The molecule has 1 aromatic carbocycles. The van der Waals surface area contributed by atoms with Crippen LogP contribution >= 0.6 is 0 Å². The maximum atomic E-state index is 11.9. The third-order valence-electron chi connectivity index (χ3n) is 2.33. The van der Waals surface area contributed by atoms with Crippen molar-refractivity contribution in [1.82, 2.24) is 0 Å². The van der Waals surface area contributed by atoms with Crippen molar-refractivity contribution in [3.8, 4) is 0 Å². The molecule has 5 heteroatoms. The summed E-state index contributed by atoms with van der Waals surface area (Å²) in [4.78, 5) is 0.274. The van der Waals surface area contributed by atoms with E-state index in [1.165, 1.54) is 0 Å². The number of aliphatic hydroxyl groups is 1. The summed E-state index contributed by atoms with van der Waals surface area (Å²) in [5.74, 6) is 0. The molecule has 1 aromatic rings. The average molecular weight is 228 g/mol. The molecule has 15 heavy (non-hydrogen) atoms. The molecule has 1 fully saturated rings. The number of aliphatic hydroxyl groups excluding tert-OH is 1. The van der Waals surface area contributed by atoms with Gasteiger partial charge in [0, 0.05) is 13.0 Å². The SMILES string of the molecule is O=S(=O)(c1ccccc1)[C@H]1O[C@H]1CCO. The van der Waals surface area contributed by atoms with Crippen LogP contribution < -0.4 is 0 Å². The zero-order chi connectivity index (χ0) is 10.9. The lowest BCUT2D eigenvalue weighted by Crippen LogP contribution is -2.11. The normalized spacial score (nSPS) is 25.1. The topological polar surface area (TPSA) is 66.9 Å². The van der Waals surface area contributed by atoms with E-state index in [0.717, 1.165) is 0 Å². The average Bonchev–Trinajstić information content (AvgIpc) is 3.00. The molecule has 0 bridgehead atoms. The quantitative estimate of drug-likeness (QED) is 0.765. The van der Waals surface area contributed by atoms with E-state index >= 15 is 0 Å². The van der Waals surface area contributed by atoms with Gasteiger partial charge in [0.15, 0.2) is 5.44 Å². The van der Waals surface area contributed by atoms with Crippen LogP contribution in [-0.2, 0) is 14.6 Å². The minimum absolute atomic E-state index is 0.0501. The van der Waals surface area contributed by atoms with Crippen molar-refractivity contribution in [2.45, 2.75) is 22.9 Å². The van der Waals surface area contributed by atoms with Gasteiger partial charge in [-0.25, -0.2) is 8.42 Å². The molecule has 1 aliphatic heterocycles. The summed E-state index contributed by atoms with van der Waals surface area (Å²) in [6.45, 7) is -0.0501. The van der Waals surface area contributed by atoms with Crippen molar-refractivity contribution >= 4 is 9.84 Å². The third-order valence-corrected chi connectivity index (χ3v) is 4.28. The molecule has 2 rings (SSSR count). The molecule has 0 aliphatic carbocycles. The van der Waals surface area contributed by atoms with Crippen molar-refractivity contribution < 1.29 is 18.3 Å². The first-order valence-electron chi connectivity index (χ1n) is 4.71. The second kappa shape index (κ2) is 3.92. The largest absolute Gasteiger partial charge is 0.396 e. The van der Waals surface area contributed by atoms with Crippen LogP contribution in [0.15, 0.2) is 35.2 Å². The number of ether oxygens (including phenoxy) is 1. The Morgan fingerprint density at radius 3 is 2.53 bits per heavy atom. The third kappa shape index (κ3) is 2.04. The Bertz CT molecular complexity index is 426. The molecule has 4 nitrogen and oxygen atoms in total. The smallest absolute Gasteiger partial charge is 0.207 e. The zero-order valence-corrected chi connectivity index (χ0v) is 8.85. The monoisotopic (exact) mass is 228 g/mol. The van der Waals surface area contributed by atoms with E-state index in [2.05, 4.69) is 0 Å². The van der Waals surface area contributed by atoms with Gasteiger partial charge in [0.2, 0.25) is 9.84 Å². The van der Waals surface area contributed by atoms with Gasteiger partial charge in [-0.15, -0.1) is 0 Å². The van der Waals surface area contributed by atoms with Crippen LogP contribution in [0.4, 0.5) is 0 Å². The fourth-order valence-electron chi connectivity index (χ4n) is 1.48. The summed E-state index contributed by atoms with van der Waals surface area (Å²) in [5.41, 5.74) is -0.771. The van der Waals surface area contributed by atoms with E-state index in [4.69, 9.17) is 9.84 Å². The van der Waals surface area contributed by atoms with Crippen LogP contribution in [0.1, 0.15) is 6.42 Å². The molecule has 1 heterocycles. The number of epoxide rings is 1. The minimum Gasteiger partial charge on any atom is -0.396 e. The van der Waals surface area contributed by atoms with Gasteiger partial charge >= 0.3 is 0 Å². The van der Waals surface area contributed by atoms with E-state index in [-0.39, 0.29) is 17.6 Å². The Labute approximate surface area is 88.4 Å². The van der Waals surface area contributed by atoms with Gasteiger partial charge in [0.05, 0.1) is 4.90 Å². The van der Waals surface area contributed by atoms with Crippen molar-refractivity contribution in [3.63, 3.8) is 0 Å². The van der Waals surface area contributed by atoms with Gasteiger partial charge in [-0.1, -0.05) is 18.2 Å². The Morgan fingerprint density at radius 2 is 1.93 bits per heavy atom. The van der Waals surface area contributed by atoms with Gasteiger partial charge in [-0.05, 0) is 12.1 Å². The molecule has 1 N–H and O–H groups in total. The Hall–Kier alpha value is -0.910. The molecule has 2 atom stereocenters. The lowest BCUT2D eigenvalue weighted by Gasteiger charge is -1.99. The van der Waals surface area contributed by atoms with Crippen molar-refractivity contribution in [2.24, 2.45) is 0 Å². The van der Waals surface area contributed by atoms with Gasteiger partial charge < -0.3 is 9.84 Å². The first-order chi connectivity index (χ1) is 7.16. The van der Waals surface area contributed by atoms with Crippen LogP contribution in [0.25, 0.3) is 0 Å². The molecule has 0 amide bonds. The molecule has 0 unspecified atom stereocenters. The van der Waals surface area contributed by atoms with E-state index in [0.29, 0.717) is 6.42 Å². The van der Waals surface area contributed by atoms with Crippen LogP contribution in [-0.4, -0.2) is 31.7 Å². The summed E-state index contributed by atoms with van der Waals surface area (Å²) < 4.78 is 28.8. The highest BCUT2D eigenvalue weighted by Crippen LogP contribution is 2.34. The molecule has 0 aromatic heterocycles. The predicted octanol–water partition coefficient (Wildman–Crippen LogP) is 0.568. The van der Waals surface area contributed by atoms with E-state index in [9.17, 15) is 8.42 Å². The van der Waals surface area contributed by atoms with Crippen LogP contribution in [0.2, 0.25) is 0 Å². The summed E-state index contributed by atoms with van der Waals surface area (Å²) >= 11 is 0. The van der Waals surface area contributed by atoms with Crippen molar-refractivity contribution in [2.75, 3.05) is 6.61 Å². The van der Waals surface area contributed by atoms with Gasteiger partial charge in [-0.3, -0.25) is 0 Å². The van der Waals surface area contributed by atoms with Crippen LogP contribution in [0, 0.1) is 0 Å². The number of rotatable bonds is 4. The second-order valence-corrected chi connectivity index (χ2v) is 5.44. The molecule has 0 saturated carbocycles. The fourth-order valence-corrected chi connectivity index (χ4v) is 3.10. The molecular formula is C10H12O4S. The highest BCUT2D eigenvalue weighted by molar-refractivity contribution is 7.92. The fraction of sp³-hybridized carbons (Fsp3) is 0.400. The number of hydrogen-bond donors (Lipinski definition) is 1. The molecule has 1 aliphatic rings. The van der Waals surface area contributed by atoms with Gasteiger partial charge in [0.25, 0.3) is 0 Å². The van der Waals surface area contributed by atoms with E-state index in [1.807, 2.05) is 0 Å². The first-order valence-corrected chi connectivity index (χ1v) is 6.26. The lowest BCUT2D eigenvalue weighted by molar-refractivity contribution is 0.263. The Kier molecular flexibility index (Phi) is 2.77.